The minimum Gasteiger partial charge on any atom is -0.467 e. The average molecular weight is 304 g/mol. The monoisotopic (exact) mass is 303 g/mol. The largest absolute Gasteiger partial charge is 0.467 e. The van der Waals surface area contributed by atoms with Gasteiger partial charge in [0.25, 0.3) is 5.91 Å². The van der Waals surface area contributed by atoms with Crippen molar-refractivity contribution in [2.24, 2.45) is 0 Å². The van der Waals surface area contributed by atoms with Crippen molar-refractivity contribution >= 4 is 23.5 Å². The van der Waals surface area contributed by atoms with E-state index in [2.05, 4.69) is 5.32 Å². The van der Waals surface area contributed by atoms with Crippen molar-refractivity contribution in [2.75, 3.05) is 7.11 Å². The summed E-state index contributed by atoms with van der Waals surface area (Å²) in [6.45, 7) is 0. The van der Waals surface area contributed by atoms with Crippen LogP contribution in [-0.4, -0.2) is 19.0 Å². The minimum atomic E-state index is -0.859. The predicted octanol–water partition coefficient (Wildman–Crippen LogP) is 2.98. The van der Waals surface area contributed by atoms with Gasteiger partial charge in [0.2, 0.25) is 0 Å². The van der Waals surface area contributed by atoms with Gasteiger partial charge in [0, 0.05) is 10.6 Å². The van der Waals surface area contributed by atoms with Gasteiger partial charge in [-0.15, -0.1) is 0 Å². The maximum atomic E-state index is 12.2. The van der Waals surface area contributed by atoms with Gasteiger partial charge in [-0.25, -0.2) is 4.79 Å². The van der Waals surface area contributed by atoms with Crippen LogP contribution in [0.25, 0.3) is 0 Å². The van der Waals surface area contributed by atoms with Crippen LogP contribution >= 0.6 is 11.6 Å². The highest BCUT2D eigenvalue weighted by Crippen LogP contribution is 2.16. The Morgan fingerprint density at radius 2 is 1.81 bits per heavy atom. The van der Waals surface area contributed by atoms with E-state index < -0.39 is 17.9 Å². The van der Waals surface area contributed by atoms with E-state index in [-0.39, 0.29) is 0 Å². The molecule has 5 heteroatoms. The number of ether oxygens (including phenoxy) is 1. The maximum Gasteiger partial charge on any atom is 0.333 e. The molecule has 0 aliphatic carbocycles. The number of methoxy groups -OCH3 is 1. The number of amides is 1. The first-order chi connectivity index (χ1) is 10.1. The van der Waals surface area contributed by atoms with Gasteiger partial charge in [-0.2, -0.15) is 0 Å². The molecule has 0 saturated heterocycles. The zero-order valence-electron chi connectivity index (χ0n) is 11.4. The van der Waals surface area contributed by atoms with Crippen LogP contribution < -0.4 is 5.32 Å². The molecule has 21 heavy (non-hydrogen) atoms. The molecule has 1 amide bonds. The molecule has 2 aromatic rings. The summed E-state index contributed by atoms with van der Waals surface area (Å²) in [4.78, 5) is 24.1. The van der Waals surface area contributed by atoms with Crippen LogP contribution in [0.2, 0.25) is 5.02 Å². The van der Waals surface area contributed by atoms with Crippen molar-refractivity contribution in [3.8, 4) is 0 Å². The number of carbonyl (C=O) groups is 2. The summed E-state index contributed by atoms with van der Waals surface area (Å²) in [6, 6.07) is 14.6. The summed E-state index contributed by atoms with van der Waals surface area (Å²) in [6.07, 6.45) is 0. The summed E-state index contributed by atoms with van der Waals surface area (Å²) in [5.41, 5.74) is 1.03. The molecule has 0 saturated carbocycles. The maximum absolute atomic E-state index is 12.2. The third-order valence-corrected chi connectivity index (χ3v) is 3.17. The first kappa shape index (κ1) is 15.1. The zero-order chi connectivity index (χ0) is 15.2. The highest BCUT2D eigenvalue weighted by atomic mass is 35.5. The van der Waals surface area contributed by atoms with Crippen LogP contribution in [0.3, 0.4) is 0 Å². The molecule has 0 spiro atoms. The lowest BCUT2D eigenvalue weighted by Gasteiger charge is -2.17. The molecule has 1 atom stereocenters. The van der Waals surface area contributed by atoms with Crippen molar-refractivity contribution in [3.05, 3.63) is 70.7 Å². The molecular weight excluding hydrogens is 290 g/mol. The van der Waals surface area contributed by atoms with Gasteiger partial charge in [0.1, 0.15) is 0 Å². The van der Waals surface area contributed by atoms with E-state index in [0.29, 0.717) is 16.1 Å². The fourth-order valence-electron chi connectivity index (χ4n) is 1.89. The number of halogens is 1. The first-order valence-electron chi connectivity index (χ1n) is 6.31. The summed E-state index contributed by atoms with van der Waals surface area (Å²) in [7, 11) is 1.28. The van der Waals surface area contributed by atoms with Gasteiger partial charge in [-0.1, -0.05) is 48.0 Å². The van der Waals surface area contributed by atoms with E-state index >= 15 is 0 Å². The molecule has 1 N–H and O–H groups in total. The lowest BCUT2D eigenvalue weighted by atomic mass is 10.1. The standard InChI is InChI=1S/C16H14ClNO3/c1-21-16(20)14(11-6-3-2-4-7-11)18-15(19)12-8-5-9-13(17)10-12/h2-10,14H,1H3,(H,18,19). The average Bonchev–Trinajstić information content (AvgIpc) is 2.52. The fourth-order valence-corrected chi connectivity index (χ4v) is 2.08. The van der Waals surface area contributed by atoms with Crippen LogP contribution in [-0.2, 0) is 9.53 Å². The SMILES string of the molecule is COC(=O)C(NC(=O)c1cccc(Cl)c1)c1ccccc1. The highest BCUT2D eigenvalue weighted by molar-refractivity contribution is 6.31. The number of esters is 1. The molecule has 0 aliphatic heterocycles. The van der Waals surface area contributed by atoms with E-state index in [1.165, 1.54) is 13.2 Å². The van der Waals surface area contributed by atoms with Crippen molar-refractivity contribution in [1.82, 2.24) is 5.32 Å². The fraction of sp³-hybridized carbons (Fsp3) is 0.125. The molecule has 108 valence electrons. The van der Waals surface area contributed by atoms with Crippen LogP contribution in [0.15, 0.2) is 54.6 Å². The van der Waals surface area contributed by atoms with Crippen LogP contribution in [0.4, 0.5) is 0 Å². The number of carbonyl (C=O) groups excluding carboxylic acids is 2. The topological polar surface area (TPSA) is 55.4 Å². The summed E-state index contributed by atoms with van der Waals surface area (Å²) in [5, 5.41) is 3.11. The Morgan fingerprint density at radius 1 is 1.10 bits per heavy atom. The van der Waals surface area contributed by atoms with Crippen LogP contribution in [0, 0.1) is 0 Å². The lowest BCUT2D eigenvalue weighted by Crippen LogP contribution is -2.34. The minimum absolute atomic E-state index is 0.382. The summed E-state index contributed by atoms with van der Waals surface area (Å²) in [5.74, 6) is -0.923. The van der Waals surface area contributed by atoms with Crippen LogP contribution in [0.5, 0.6) is 0 Å². The Hall–Kier alpha value is -2.33. The predicted molar refractivity (Wildman–Crippen MR) is 80.1 cm³/mol. The molecule has 1 unspecified atom stereocenters. The molecule has 0 heterocycles. The van der Waals surface area contributed by atoms with Gasteiger partial charge in [0.05, 0.1) is 7.11 Å². The molecule has 4 nitrogen and oxygen atoms in total. The van der Waals surface area contributed by atoms with Crippen LogP contribution in [0.1, 0.15) is 22.0 Å². The smallest absolute Gasteiger partial charge is 0.333 e. The van der Waals surface area contributed by atoms with Crippen molar-refractivity contribution in [2.45, 2.75) is 6.04 Å². The van der Waals surface area contributed by atoms with E-state index in [4.69, 9.17) is 16.3 Å². The Morgan fingerprint density at radius 3 is 2.43 bits per heavy atom. The number of nitrogens with one attached hydrogen (secondary N) is 1. The summed E-state index contributed by atoms with van der Waals surface area (Å²) < 4.78 is 4.75. The Bertz CT molecular complexity index is 643. The molecule has 0 radical (unpaired) electrons. The second-order valence-electron chi connectivity index (χ2n) is 4.35. The van der Waals surface area contributed by atoms with Gasteiger partial charge in [-0.05, 0) is 23.8 Å². The van der Waals surface area contributed by atoms with Gasteiger partial charge in [0.15, 0.2) is 6.04 Å². The van der Waals surface area contributed by atoms with E-state index in [0.717, 1.165) is 0 Å². The number of rotatable bonds is 4. The lowest BCUT2D eigenvalue weighted by molar-refractivity contribution is -0.143. The number of benzene rings is 2. The van der Waals surface area contributed by atoms with Crippen molar-refractivity contribution < 1.29 is 14.3 Å². The second kappa shape index (κ2) is 6.90. The van der Waals surface area contributed by atoms with E-state index in [9.17, 15) is 9.59 Å². The first-order valence-corrected chi connectivity index (χ1v) is 6.69. The van der Waals surface area contributed by atoms with Crippen molar-refractivity contribution in [3.63, 3.8) is 0 Å². The molecular formula is C16H14ClNO3. The van der Waals surface area contributed by atoms with Gasteiger partial charge < -0.3 is 10.1 Å². The van der Waals surface area contributed by atoms with E-state index in [1.54, 1.807) is 42.5 Å². The normalized spacial score (nSPS) is 11.5. The molecule has 0 aliphatic rings. The molecule has 2 rings (SSSR count). The van der Waals surface area contributed by atoms with Gasteiger partial charge in [-0.3, -0.25) is 4.79 Å². The Kier molecular flexibility index (Phi) is 4.95. The Balaban J connectivity index is 2.23. The van der Waals surface area contributed by atoms with Gasteiger partial charge >= 0.3 is 5.97 Å². The third kappa shape index (κ3) is 3.83. The second-order valence-corrected chi connectivity index (χ2v) is 4.79. The molecule has 0 aromatic heterocycles. The quantitative estimate of drug-likeness (QED) is 0.883. The number of hydrogen-bond acceptors (Lipinski definition) is 3. The van der Waals surface area contributed by atoms with E-state index in [1.807, 2.05) is 6.07 Å². The summed E-state index contributed by atoms with van der Waals surface area (Å²) >= 11 is 5.86. The molecule has 2 aromatic carbocycles. The number of hydrogen-bond donors (Lipinski definition) is 1. The molecule has 0 bridgehead atoms. The zero-order valence-corrected chi connectivity index (χ0v) is 12.1. The highest BCUT2D eigenvalue weighted by Gasteiger charge is 2.23. The Labute approximate surface area is 127 Å². The van der Waals surface area contributed by atoms with Crippen molar-refractivity contribution in [1.29, 1.82) is 0 Å². The third-order valence-electron chi connectivity index (χ3n) is 2.93. The molecule has 0 fully saturated rings.